The second-order valence-electron chi connectivity index (χ2n) is 2.81. The van der Waals surface area contributed by atoms with E-state index in [2.05, 4.69) is 4.98 Å². The smallest absolute Gasteiger partial charge is 0.142 e. The monoisotopic (exact) mass is 322 g/mol. The largest absolute Gasteiger partial charge is 0.382 e. The van der Waals surface area contributed by atoms with Crippen molar-refractivity contribution in [3.8, 4) is 0 Å². The maximum atomic E-state index is 13.5. The number of fused-ring (bicyclic) bond motifs is 1. The summed E-state index contributed by atoms with van der Waals surface area (Å²) in [5, 5.41) is 1.17. The molecule has 1 heterocycles. The summed E-state index contributed by atoms with van der Waals surface area (Å²) in [7, 11) is 0. The maximum Gasteiger partial charge on any atom is 0.142 e. The van der Waals surface area contributed by atoms with Gasteiger partial charge in [0.15, 0.2) is 0 Å². The summed E-state index contributed by atoms with van der Waals surface area (Å²) in [5.74, 6) is -0.217. The summed E-state index contributed by atoms with van der Waals surface area (Å²) in [4.78, 5) is 3.86. The van der Waals surface area contributed by atoms with E-state index >= 15 is 0 Å². The Kier molecular flexibility index (Phi) is 2.48. The highest BCUT2D eigenvalue weighted by Crippen LogP contribution is 2.30. The van der Waals surface area contributed by atoms with Gasteiger partial charge in [-0.15, -0.1) is 0 Å². The predicted molar refractivity (Wildman–Crippen MR) is 63.8 cm³/mol. The lowest BCUT2D eigenvalue weighted by Gasteiger charge is -2.04. The molecule has 0 saturated heterocycles. The molecule has 2 N–H and O–H groups in total. The third-order valence-electron chi connectivity index (χ3n) is 1.87. The molecule has 0 amide bonds. The van der Waals surface area contributed by atoms with Gasteiger partial charge in [-0.2, -0.15) is 0 Å². The fourth-order valence-electron chi connectivity index (χ4n) is 1.25. The molecular formula is C9H5ClFIN2. The van der Waals surface area contributed by atoms with Gasteiger partial charge >= 0.3 is 0 Å². The normalized spacial score (nSPS) is 10.8. The number of anilines is 1. The van der Waals surface area contributed by atoms with Crippen molar-refractivity contribution in [2.24, 2.45) is 0 Å². The molecule has 2 aromatic rings. The summed E-state index contributed by atoms with van der Waals surface area (Å²) in [6.07, 6.45) is 1.52. The summed E-state index contributed by atoms with van der Waals surface area (Å²) < 4.78 is 14.3. The van der Waals surface area contributed by atoms with E-state index in [1.807, 2.05) is 22.6 Å². The Hall–Kier alpha value is -0.620. The number of nitrogens with two attached hydrogens (primary N) is 1. The van der Waals surface area contributed by atoms with Crippen molar-refractivity contribution in [1.82, 2.24) is 4.98 Å². The molecule has 2 rings (SSSR count). The Morgan fingerprint density at radius 3 is 2.86 bits per heavy atom. The van der Waals surface area contributed by atoms with E-state index in [0.717, 1.165) is 3.57 Å². The topological polar surface area (TPSA) is 38.9 Å². The van der Waals surface area contributed by atoms with Crippen LogP contribution in [0.2, 0.25) is 5.02 Å². The standard InChI is InChI=1S/C9H5ClFIN2/c10-8-7-4(3-14-9(8)13)1-5(12)2-6(7)11/h1-3H,(H2,13,14). The predicted octanol–water partition coefficient (Wildman–Crippen LogP) is 3.21. The number of hydrogen-bond acceptors (Lipinski definition) is 2. The van der Waals surface area contributed by atoms with Gasteiger partial charge in [-0.1, -0.05) is 11.6 Å². The minimum atomic E-state index is -0.369. The molecule has 1 aromatic heterocycles. The van der Waals surface area contributed by atoms with Gasteiger partial charge in [0.25, 0.3) is 0 Å². The molecule has 2 nitrogen and oxygen atoms in total. The first-order valence-corrected chi connectivity index (χ1v) is 5.24. The van der Waals surface area contributed by atoms with Crippen LogP contribution in [0.25, 0.3) is 10.8 Å². The first-order valence-electron chi connectivity index (χ1n) is 3.78. The second-order valence-corrected chi connectivity index (χ2v) is 4.43. The van der Waals surface area contributed by atoms with Crippen LogP contribution < -0.4 is 5.73 Å². The van der Waals surface area contributed by atoms with E-state index in [9.17, 15) is 4.39 Å². The number of halogens is 3. The van der Waals surface area contributed by atoms with Gasteiger partial charge in [0.05, 0.1) is 5.02 Å². The summed E-state index contributed by atoms with van der Waals surface area (Å²) in [6.45, 7) is 0. The van der Waals surface area contributed by atoms with Crippen molar-refractivity contribution in [3.05, 3.63) is 32.7 Å². The maximum absolute atomic E-state index is 13.5. The number of benzene rings is 1. The Morgan fingerprint density at radius 2 is 2.14 bits per heavy atom. The van der Waals surface area contributed by atoms with E-state index in [4.69, 9.17) is 17.3 Å². The Balaban J connectivity index is 2.95. The van der Waals surface area contributed by atoms with Gasteiger partial charge in [-0.05, 0) is 34.7 Å². The quantitative estimate of drug-likeness (QED) is 0.757. The van der Waals surface area contributed by atoms with Crippen LogP contribution in [-0.4, -0.2) is 4.98 Å². The highest BCUT2D eigenvalue weighted by molar-refractivity contribution is 14.1. The van der Waals surface area contributed by atoms with Crippen molar-refractivity contribution < 1.29 is 4.39 Å². The molecule has 0 aliphatic carbocycles. The van der Waals surface area contributed by atoms with Crippen LogP contribution in [0.15, 0.2) is 18.3 Å². The van der Waals surface area contributed by atoms with Crippen LogP contribution in [0.5, 0.6) is 0 Å². The molecule has 0 aliphatic heterocycles. The SMILES string of the molecule is Nc1ncc2cc(I)cc(F)c2c1Cl. The van der Waals surface area contributed by atoms with Gasteiger partial charge in [-0.25, -0.2) is 9.37 Å². The Labute approximate surface area is 98.4 Å². The van der Waals surface area contributed by atoms with E-state index < -0.39 is 0 Å². The van der Waals surface area contributed by atoms with E-state index in [0.29, 0.717) is 10.8 Å². The van der Waals surface area contributed by atoms with Crippen LogP contribution in [0.3, 0.4) is 0 Å². The molecule has 5 heteroatoms. The van der Waals surface area contributed by atoms with E-state index in [1.165, 1.54) is 12.3 Å². The molecule has 0 aliphatic rings. The molecule has 0 fully saturated rings. The van der Waals surface area contributed by atoms with Crippen LogP contribution in [0.4, 0.5) is 10.2 Å². The summed E-state index contributed by atoms with van der Waals surface area (Å²) in [6, 6.07) is 3.21. The zero-order valence-electron chi connectivity index (χ0n) is 6.89. The fraction of sp³-hybridized carbons (Fsp3) is 0. The van der Waals surface area contributed by atoms with Crippen LogP contribution >= 0.6 is 34.2 Å². The lowest BCUT2D eigenvalue weighted by Crippen LogP contribution is -1.93. The van der Waals surface area contributed by atoms with Crippen LogP contribution in [0.1, 0.15) is 0 Å². The number of nitrogen functional groups attached to an aromatic ring is 1. The number of aromatic nitrogens is 1. The number of nitrogens with zero attached hydrogens (tertiary/aromatic N) is 1. The average molecular weight is 323 g/mol. The average Bonchev–Trinajstić information content (AvgIpc) is 2.10. The molecule has 0 bridgehead atoms. The van der Waals surface area contributed by atoms with Gasteiger partial charge < -0.3 is 5.73 Å². The minimum Gasteiger partial charge on any atom is -0.382 e. The highest BCUT2D eigenvalue weighted by Gasteiger charge is 2.09. The molecule has 0 spiro atoms. The lowest BCUT2D eigenvalue weighted by atomic mass is 10.1. The van der Waals surface area contributed by atoms with Crippen LogP contribution in [0, 0.1) is 9.39 Å². The number of rotatable bonds is 0. The third kappa shape index (κ3) is 1.52. The Bertz CT molecular complexity index is 516. The zero-order valence-corrected chi connectivity index (χ0v) is 9.80. The van der Waals surface area contributed by atoms with E-state index in [-0.39, 0.29) is 16.7 Å². The van der Waals surface area contributed by atoms with Crippen molar-refractivity contribution in [2.45, 2.75) is 0 Å². The number of pyridine rings is 1. The van der Waals surface area contributed by atoms with Crippen molar-refractivity contribution in [2.75, 3.05) is 5.73 Å². The number of hydrogen-bond donors (Lipinski definition) is 1. The van der Waals surface area contributed by atoms with Crippen molar-refractivity contribution in [1.29, 1.82) is 0 Å². The first-order chi connectivity index (χ1) is 6.59. The zero-order chi connectivity index (χ0) is 10.3. The van der Waals surface area contributed by atoms with Crippen molar-refractivity contribution >= 4 is 50.8 Å². The summed E-state index contributed by atoms with van der Waals surface area (Å²) >= 11 is 7.89. The molecular weight excluding hydrogens is 317 g/mol. The van der Waals surface area contributed by atoms with E-state index in [1.54, 1.807) is 6.07 Å². The van der Waals surface area contributed by atoms with Gasteiger partial charge in [0.1, 0.15) is 11.6 Å². The lowest BCUT2D eigenvalue weighted by molar-refractivity contribution is 0.639. The molecule has 0 saturated carbocycles. The minimum absolute atomic E-state index is 0.152. The molecule has 0 unspecified atom stereocenters. The van der Waals surface area contributed by atoms with Crippen molar-refractivity contribution in [3.63, 3.8) is 0 Å². The van der Waals surface area contributed by atoms with Gasteiger partial charge in [0.2, 0.25) is 0 Å². The van der Waals surface area contributed by atoms with Gasteiger partial charge in [0, 0.05) is 20.5 Å². The molecule has 72 valence electrons. The molecule has 14 heavy (non-hydrogen) atoms. The van der Waals surface area contributed by atoms with Gasteiger partial charge in [-0.3, -0.25) is 0 Å². The van der Waals surface area contributed by atoms with Crippen LogP contribution in [-0.2, 0) is 0 Å². The molecule has 0 radical (unpaired) electrons. The second kappa shape index (κ2) is 3.51. The third-order valence-corrected chi connectivity index (χ3v) is 2.88. The molecule has 1 aromatic carbocycles. The fourth-order valence-corrected chi connectivity index (χ4v) is 2.11. The Morgan fingerprint density at radius 1 is 1.43 bits per heavy atom. The molecule has 0 atom stereocenters. The highest BCUT2D eigenvalue weighted by atomic mass is 127. The summed E-state index contributed by atoms with van der Waals surface area (Å²) in [5.41, 5.74) is 5.48. The first kappa shape index (κ1) is 9.92.